The minimum Gasteiger partial charge on any atom is -0.383 e. The van der Waals surface area contributed by atoms with Gasteiger partial charge in [0, 0.05) is 20.1 Å². The first-order valence-corrected chi connectivity index (χ1v) is 5.60. The molecule has 1 aliphatic rings. The minimum atomic E-state index is 0.0566. The maximum Gasteiger partial charge on any atom is 0.168 e. The molecule has 16 heavy (non-hydrogen) atoms. The summed E-state index contributed by atoms with van der Waals surface area (Å²) in [6, 6.07) is 0. The Balaban J connectivity index is 1.90. The summed E-state index contributed by atoms with van der Waals surface area (Å²) in [5, 5.41) is 3.96. The van der Waals surface area contributed by atoms with Crippen LogP contribution in [0, 0.1) is 0 Å². The summed E-state index contributed by atoms with van der Waals surface area (Å²) in [4.78, 5) is 11.8. The highest BCUT2D eigenvalue weighted by Crippen LogP contribution is 2.19. The average Bonchev–Trinajstić information content (AvgIpc) is 2.88. The molecule has 1 atom stereocenters. The summed E-state index contributed by atoms with van der Waals surface area (Å²) in [6.45, 7) is 0.827. The Labute approximate surface area is 94.6 Å². The van der Waals surface area contributed by atoms with E-state index in [1.165, 1.54) is 10.9 Å². The zero-order valence-corrected chi connectivity index (χ0v) is 9.48. The number of Topliss-reactive ketones (excluding diaryl/α,β-unsaturated/α-hetero) is 1. The molecule has 5 nitrogen and oxygen atoms in total. The van der Waals surface area contributed by atoms with Gasteiger partial charge in [-0.3, -0.25) is 9.48 Å². The maximum absolute atomic E-state index is 11.8. The van der Waals surface area contributed by atoms with E-state index in [0.717, 1.165) is 25.9 Å². The van der Waals surface area contributed by atoms with Gasteiger partial charge in [-0.1, -0.05) is 0 Å². The van der Waals surface area contributed by atoms with Crippen molar-refractivity contribution in [2.24, 2.45) is 7.05 Å². The van der Waals surface area contributed by atoms with Gasteiger partial charge in [-0.25, -0.2) is 0 Å². The lowest BCUT2D eigenvalue weighted by atomic mass is 10.1. The lowest BCUT2D eigenvalue weighted by Gasteiger charge is -2.07. The number of aromatic nitrogens is 2. The third-order valence-corrected chi connectivity index (χ3v) is 3.00. The Morgan fingerprint density at radius 1 is 1.75 bits per heavy atom. The van der Waals surface area contributed by atoms with Gasteiger partial charge in [0.05, 0.1) is 17.9 Å². The molecule has 2 heterocycles. The van der Waals surface area contributed by atoms with Crippen LogP contribution in [0.2, 0.25) is 0 Å². The molecular weight excluding hydrogens is 206 g/mol. The highest BCUT2D eigenvalue weighted by atomic mass is 16.5. The van der Waals surface area contributed by atoms with Crippen LogP contribution in [-0.2, 0) is 11.8 Å². The Morgan fingerprint density at radius 2 is 2.56 bits per heavy atom. The first-order valence-electron chi connectivity index (χ1n) is 5.60. The number of carbonyl (C=O) groups excluding carboxylic acids is 1. The number of hydrogen-bond donors (Lipinski definition) is 1. The fourth-order valence-electron chi connectivity index (χ4n) is 1.96. The molecule has 0 aliphatic carbocycles. The summed E-state index contributed by atoms with van der Waals surface area (Å²) < 4.78 is 6.98. The van der Waals surface area contributed by atoms with Crippen molar-refractivity contribution in [3.05, 3.63) is 11.8 Å². The Kier molecular flexibility index (Phi) is 3.24. The zero-order valence-electron chi connectivity index (χ0n) is 9.48. The van der Waals surface area contributed by atoms with Gasteiger partial charge in [-0.15, -0.1) is 0 Å². The van der Waals surface area contributed by atoms with Crippen LogP contribution < -0.4 is 5.73 Å². The van der Waals surface area contributed by atoms with Crippen molar-refractivity contribution in [3.8, 4) is 0 Å². The van der Waals surface area contributed by atoms with Crippen molar-refractivity contribution in [2.45, 2.75) is 31.8 Å². The molecule has 0 aromatic carbocycles. The Hall–Kier alpha value is -1.36. The highest BCUT2D eigenvalue weighted by molar-refractivity contribution is 5.99. The number of nitrogens with two attached hydrogens (primary N) is 1. The number of anilines is 1. The molecule has 1 unspecified atom stereocenters. The van der Waals surface area contributed by atoms with Gasteiger partial charge in [-0.2, -0.15) is 5.10 Å². The van der Waals surface area contributed by atoms with Crippen molar-refractivity contribution in [1.29, 1.82) is 0 Å². The summed E-state index contributed by atoms with van der Waals surface area (Å²) in [5.41, 5.74) is 6.26. The number of nitrogen functional groups attached to an aromatic ring is 1. The van der Waals surface area contributed by atoms with Crippen molar-refractivity contribution in [3.63, 3.8) is 0 Å². The number of hydrogen-bond acceptors (Lipinski definition) is 4. The van der Waals surface area contributed by atoms with Gasteiger partial charge in [0.15, 0.2) is 5.78 Å². The standard InChI is InChI=1S/C11H17N3O2/c1-14-11(12)9(7-13-14)10(15)5-4-8-3-2-6-16-8/h7-8H,2-6,12H2,1H3. The SMILES string of the molecule is Cn1ncc(C(=O)CCC2CCCO2)c1N. The van der Waals surface area contributed by atoms with E-state index in [0.29, 0.717) is 17.8 Å². The second-order valence-corrected chi connectivity index (χ2v) is 4.16. The molecule has 1 aromatic rings. The van der Waals surface area contributed by atoms with Crippen molar-refractivity contribution < 1.29 is 9.53 Å². The van der Waals surface area contributed by atoms with Crippen LogP contribution in [-0.4, -0.2) is 28.3 Å². The van der Waals surface area contributed by atoms with Gasteiger partial charge in [0.2, 0.25) is 0 Å². The first kappa shape index (κ1) is 11.1. The molecule has 0 amide bonds. The molecule has 0 spiro atoms. The number of nitrogens with zero attached hydrogens (tertiary/aromatic N) is 2. The maximum atomic E-state index is 11.8. The van der Waals surface area contributed by atoms with E-state index in [2.05, 4.69) is 5.10 Å². The monoisotopic (exact) mass is 223 g/mol. The predicted octanol–water partition coefficient (Wildman–Crippen LogP) is 1.14. The molecule has 1 saturated heterocycles. The van der Waals surface area contributed by atoms with Gasteiger partial charge in [0.1, 0.15) is 5.82 Å². The normalized spacial score (nSPS) is 20.2. The molecule has 0 bridgehead atoms. The summed E-state index contributed by atoms with van der Waals surface area (Å²) in [6.07, 6.45) is 5.23. The van der Waals surface area contributed by atoms with E-state index in [1.54, 1.807) is 7.05 Å². The molecule has 1 aromatic heterocycles. The molecular formula is C11H17N3O2. The van der Waals surface area contributed by atoms with Crippen LogP contribution in [0.4, 0.5) is 5.82 Å². The number of aryl methyl sites for hydroxylation is 1. The van der Waals surface area contributed by atoms with E-state index >= 15 is 0 Å². The van der Waals surface area contributed by atoms with Crippen LogP contribution in [0.3, 0.4) is 0 Å². The topological polar surface area (TPSA) is 70.1 Å². The Morgan fingerprint density at radius 3 is 3.12 bits per heavy atom. The molecule has 0 saturated carbocycles. The van der Waals surface area contributed by atoms with Gasteiger partial charge < -0.3 is 10.5 Å². The van der Waals surface area contributed by atoms with Gasteiger partial charge in [0.25, 0.3) is 0 Å². The van der Waals surface area contributed by atoms with E-state index in [-0.39, 0.29) is 11.9 Å². The summed E-state index contributed by atoms with van der Waals surface area (Å²) in [5.74, 6) is 0.499. The van der Waals surface area contributed by atoms with Crippen LogP contribution >= 0.6 is 0 Å². The van der Waals surface area contributed by atoms with E-state index in [1.807, 2.05) is 0 Å². The molecule has 2 rings (SSSR count). The highest BCUT2D eigenvalue weighted by Gasteiger charge is 2.19. The third-order valence-electron chi connectivity index (χ3n) is 3.00. The predicted molar refractivity (Wildman–Crippen MR) is 60.2 cm³/mol. The van der Waals surface area contributed by atoms with Crippen LogP contribution in [0.5, 0.6) is 0 Å². The zero-order chi connectivity index (χ0) is 11.5. The quantitative estimate of drug-likeness (QED) is 0.777. The molecule has 1 aliphatic heterocycles. The molecule has 0 radical (unpaired) electrons. The smallest absolute Gasteiger partial charge is 0.168 e. The van der Waals surface area contributed by atoms with Gasteiger partial charge >= 0.3 is 0 Å². The first-order chi connectivity index (χ1) is 7.68. The van der Waals surface area contributed by atoms with E-state index in [9.17, 15) is 4.79 Å². The fraction of sp³-hybridized carbons (Fsp3) is 0.636. The lowest BCUT2D eigenvalue weighted by molar-refractivity contribution is 0.0860. The number of ether oxygens (including phenoxy) is 1. The number of carbonyl (C=O) groups is 1. The Bertz CT molecular complexity index is 381. The second kappa shape index (κ2) is 4.65. The molecule has 1 fully saturated rings. The molecule has 2 N–H and O–H groups in total. The third kappa shape index (κ3) is 2.24. The van der Waals surface area contributed by atoms with Crippen molar-refractivity contribution >= 4 is 11.6 Å². The fourth-order valence-corrected chi connectivity index (χ4v) is 1.96. The number of rotatable bonds is 4. The minimum absolute atomic E-state index is 0.0566. The lowest BCUT2D eigenvalue weighted by Crippen LogP contribution is -2.10. The van der Waals surface area contributed by atoms with Crippen LogP contribution in [0.15, 0.2) is 6.20 Å². The van der Waals surface area contributed by atoms with Crippen molar-refractivity contribution in [1.82, 2.24) is 9.78 Å². The molecule has 5 heteroatoms. The summed E-state index contributed by atoms with van der Waals surface area (Å²) in [7, 11) is 1.73. The largest absolute Gasteiger partial charge is 0.383 e. The van der Waals surface area contributed by atoms with Crippen LogP contribution in [0.1, 0.15) is 36.0 Å². The second-order valence-electron chi connectivity index (χ2n) is 4.16. The average molecular weight is 223 g/mol. The van der Waals surface area contributed by atoms with Crippen LogP contribution in [0.25, 0.3) is 0 Å². The van der Waals surface area contributed by atoms with Crippen molar-refractivity contribution in [2.75, 3.05) is 12.3 Å². The van der Waals surface area contributed by atoms with E-state index < -0.39 is 0 Å². The van der Waals surface area contributed by atoms with Gasteiger partial charge in [-0.05, 0) is 19.3 Å². The summed E-state index contributed by atoms with van der Waals surface area (Å²) >= 11 is 0. The van der Waals surface area contributed by atoms with E-state index in [4.69, 9.17) is 10.5 Å². The number of ketones is 1. The molecule has 88 valence electrons.